The first kappa shape index (κ1) is 28.7. The van der Waals surface area contributed by atoms with Crippen LogP contribution in [0.15, 0.2) is 65.7 Å². The van der Waals surface area contributed by atoms with Gasteiger partial charge in [0.25, 0.3) is 0 Å². The molecule has 11 heteroatoms. The van der Waals surface area contributed by atoms with Gasteiger partial charge in [0, 0.05) is 48.5 Å². The molecule has 2 aromatic rings. The summed E-state index contributed by atoms with van der Waals surface area (Å²) in [6, 6.07) is 10.5. The fourth-order valence-corrected chi connectivity index (χ4v) is 7.79. The zero-order valence-electron chi connectivity index (χ0n) is 22.9. The number of hydrogen-bond acceptors (Lipinski definition) is 4. The Morgan fingerprint density at radius 2 is 1.86 bits per heavy atom. The number of nitrogens with zero attached hydrogens (tertiary/aromatic N) is 3. The molecule has 3 N–H and O–H groups in total. The number of hydrogen-bond donors (Lipinski definition) is 2. The number of anilines is 1. The number of likely N-dealkylation sites (tertiary alicyclic amines) is 1. The number of nitrogens with one attached hydrogen (secondary N) is 1. The minimum absolute atomic E-state index is 0.0828. The van der Waals surface area contributed by atoms with Crippen molar-refractivity contribution in [1.29, 1.82) is 0 Å². The molecule has 2 fully saturated rings. The zero-order valence-corrected chi connectivity index (χ0v) is 24.5. The van der Waals surface area contributed by atoms with Crippen LogP contribution in [0, 0.1) is 17.7 Å². The van der Waals surface area contributed by atoms with Gasteiger partial charge in [-0.3, -0.25) is 14.5 Å². The summed E-state index contributed by atoms with van der Waals surface area (Å²) in [5, 5.41) is 4.24. The quantitative estimate of drug-likeness (QED) is 0.525. The summed E-state index contributed by atoms with van der Waals surface area (Å²) in [4.78, 5) is 45.7. The Bertz CT molecular complexity index is 1490. The first-order valence-corrected chi connectivity index (χ1v) is 14.9. The molecule has 0 radical (unpaired) electrons. The molecule has 1 spiro atoms. The number of allylic oxidation sites excluding steroid dienone is 4. The third-order valence-corrected chi connectivity index (χ3v) is 9.59. The minimum Gasteiger partial charge on any atom is -0.369 e. The summed E-state index contributed by atoms with van der Waals surface area (Å²) in [6.07, 6.45) is 6.95. The number of amides is 4. The van der Waals surface area contributed by atoms with Gasteiger partial charge in [0.05, 0.1) is 12.6 Å². The molecule has 8 nitrogen and oxygen atoms in total. The fourth-order valence-electron chi connectivity index (χ4n) is 7.37. The van der Waals surface area contributed by atoms with Crippen molar-refractivity contribution in [2.75, 3.05) is 44.6 Å². The van der Waals surface area contributed by atoms with Gasteiger partial charge >= 0.3 is 6.03 Å². The Hall–Kier alpha value is -3.40. The average molecular weight is 613 g/mol. The topological polar surface area (TPSA) is 99.0 Å². The summed E-state index contributed by atoms with van der Waals surface area (Å²) < 4.78 is 14.9. The molecule has 3 aliphatic heterocycles. The van der Waals surface area contributed by atoms with Crippen LogP contribution in [-0.4, -0.2) is 71.8 Å². The predicted molar refractivity (Wildman–Crippen MR) is 160 cm³/mol. The molecule has 220 valence electrons. The van der Waals surface area contributed by atoms with Crippen molar-refractivity contribution in [2.45, 2.75) is 24.3 Å². The SMILES string of the molecule is NC(=O)CN1CCN(C(=O)N2CC[C@@H](C3C=CC=C(Cl)C3)[C@]3(C(=O)Nc4cc(Cl)ccc43)[C@H]2c2cccc(F)c2)CC1. The third kappa shape index (κ3) is 4.97. The molecule has 0 saturated carbocycles. The van der Waals surface area contributed by atoms with Crippen molar-refractivity contribution in [3.63, 3.8) is 0 Å². The van der Waals surface area contributed by atoms with E-state index in [1.165, 1.54) is 12.1 Å². The monoisotopic (exact) mass is 611 g/mol. The van der Waals surface area contributed by atoms with Crippen LogP contribution in [0.25, 0.3) is 0 Å². The lowest BCUT2D eigenvalue weighted by Gasteiger charge is -2.54. The van der Waals surface area contributed by atoms with Crippen molar-refractivity contribution < 1.29 is 18.8 Å². The van der Waals surface area contributed by atoms with Crippen LogP contribution < -0.4 is 11.1 Å². The van der Waals surface area contributed by atoms with Gasteiger partial charge in [-0.1, -0.05) is 53.6 Å². The van der Waals surface area contributed by atoms with Gasteiger partial charge in [0.1, 0.15) is 11.2 Å². The summed E-state index contributed by atoms with van der Waals surface area (Å²) in [5.74, 6) is -1.44. The normalized spacial score (nSPS) is 27.5. The van der Waals surface area contributed by atoms with Gasteiger partial charge in [-0.2, -0.15) is 0 Å². The largest absolute Gasteiger partial charge is 0.369 e. The molecule has 1 unspecified atom stereocenters. The number of urea groups is 1. The van der Waals surface area contributed by atoms with Crippen LogP contribution in [0.3, 0.4) is 0 Å². The van der Waals surface area contributed by atoms with Crippen molar-refractivity contribution in [3.05, 3.63) is 87.7 Å². The van der Waals surface area contributed by atoms with Crippen LogP contribution >= 0.6 is 23.2 Å². The lowest BCUT2D eigenvalue weighted by atomic mass is 9.56. The Morgan fingerprint density at radius 1 is 1.07 bits per heavy atom. The summed E-state index contributed by atoms with van der Waals surface area (Å²) >= 11 is 12.9. The number of carbonyl (C=O) groups is 3. The Morgan fingerprint density at radius 3 is 2.57 bits per heavy atom. The first-order chi connectivity index (χ1) is 20.2. The average Bonchev–Trinajstić information content (AvgIpc) is 3.23. The van der Waals surface area contributed by atoms with Gasteiger partial charge in [-0.05, 0) is 66.1 Å². The summed E-state index contributed by atoms with van der Waals surface area (Å²) in [6.45, 7) is 2.31. The Kier molecular flexibility index (Phi) is 7.76. The maximum atomic E-state index is 14.9. The lowest BCUT2D eigenvalue weighted by Crippen LogP contribution is -2.63. The van der Waals surface area contributed by atoms with E-state index < -0.39 is 23.2 Å². The van der Waals surface area contributed by atoms with E-state index in [9.17, 15) is 18.8 Å². The van der Waals surface area contributed by atoms with E-state index in [0.29, 0.717) is 66.9 Å². The van der Waals surface area contributed by atoms with E-state index >= 15 is 0 Å². The summed E-state index contributed by atoms with van der Waals surface area (Å²) in [5.41, 5.74) is 6.01. The number of nitrogens with two attached hydrogens (primary N) is 1. The van der Waals surface area contributed by atoms with Gasteiger partial charge < -0.3 is 20.9 Å². The second kappa shape index (κ2) is 11.4. The number of benzene rings is 2. The lowest BCUT2D eigenvalue weighted by molar-refractivity contribution is -0.129. The molecule has 4 atom stereocenters. The highest BCUT2D eigenvalue weighted by Crippen LogP contribution is 2.59. The van der Waals surface area contributed by atoms with Crippen LogP contribution in [-0.2, 0) is 15.0 Å². The number of rotatable bonds is 4. The van der Waals surface area contributed by atoms with Crippen LogP contribution in [0.5, 0.6) is 0 Å². The molecule has 3 heterocycles. The van der Waals surface area contributed by atoms with Crippen LogP contribution in [0.2, 0.25) is 5.02 Å². The Labute approximate surface area is 253 Å². The summed E-state index contributed by atoms with van der Waals surface area (Å²) in [7, 11) is 0. The maximum absolute atomic E-state index is 14.9. The standard InChI is InChI=1S/C31H32Cl2FN5O3/c32-21-5-1-3-19(15-21)24-9-10-39(30(42)38-13-11-37(12-14-38)18-27(35)40)28(20-4-2-6-23(34)16-20)31(24)25-8-7-22(33)17-26(25)36-29(31)41/h1-8,16-17,19,24,28H,9-15,18H2,(H2,35,40)(H,36,41)/t19?,24-,28+,31+/m0/s1. The van der Waals surface area contributed by atoms with Crippen LogP contribution in [0.4, 0.5) is 14.9 Å². The molecular formula is C31H32Cl2FN5O3. The van der Waals surface area contributed by atoms with Crippen molar-refractivity contribution in [1.82, 2.24) is 14.7 Å². The van der Waals surface area contributed by atoms with E-state index in [2.05, 4.69) is 11.4 Å². The van der Waals surface area contributed by atoms with Crippen molar-refractivity contribution >= 4 is 46.7 Å². The molecule has 4 aliphatic rings. The second-order valence-corrected chi connectivity index (χ2v) is 12.4. The maximum Gasteiger partial charge on any atom is 0.320 e. The Balaban J connectivity index is 1.47. The number of piperazine rings is 1. The van der Waals surface area contributed by atoms with Crippen LogP contribution in [0.1, 0.15) is 30.0 Å². The minimum atomic E-state index is -1.24. The number of carbonyl (C=O) groups excluding carboxylic acids is 3. The van der Waals surface area contributed by atoms with E-state index in [0.717, 1.165) is 5.56 Å². The molecular weight excluding hydrogens is 580 g/mol. The van der Waals surface area contributed by atoms with E-state index in [1.807, 2.05) is 23.1 Å². The van der Waals surface area contributed by atoms with Gasteiger partial charge in [-0.15, -0.1) is 0 Å². The first-order valence-electron chi connectivity index (χ1n) is 14.1. The van der Waals surface area contributed by atoms with Gasteiger partial charge in [0.15, 0.2) is 0 Å². The molecule has 6 rings (SSSR count). The van der Waals surface area contributed by atoms with E-state index in [1.54, 1.807) is 34.1 Å². The number of primary amides is 1. The predicted octanol–water partition coefficient (Wildman–Crippen LogP) is 4.65. The smallest absolute Gasteiger partial charge is 0.320 e. The second-order valence-electron chi connectivity index (χ2n) is 11.4. The van der Waals surface area contributed by atoms with Crippen molar-refractivity contribution in [3.8, 4) is 0 Å². The zero-order chi connectivity index (χ0) is 29.6. The highest BCUT2D eigenvalue weighted by molar-refractivity contribution is 6.31. The highest BCUT2D eigenvalue weighted by Gasteiger charge is 2.63. The third-order valence-electron chi connectivity index (χ3n) is 9.08. The molecule has 42 heavy (non-hydrogen) atoms. The van der Waals surface area contributed by atoms with E-state index in [-0.39, 0.29) is 30.3 Å². The molecule has 2 aromatic carbocycles. The van der Waals surface area contributed by atoms with Gasteiger partial charge in [0.2, 0.25) is 11.8 Å². The fraction of sp³-hybridized carbons (Fsp3) is 0.387. The number of halogens is 3. The molecule has 4 amide bonds. The number of fused-ring (bicyclic) bond motifs is 2. The molecule has 1 aliphatic carbocycles. The molecule has 2 saturated heterocycles. The molecule has 0 aromatic heterocycles. The highest BCUT2D eigenvalue weighted by atomic mass is 35.5. The van der Waals surface area contributed by atoms with E-state index in [4.69, 9.17) is 28.9 Å². The number of piperidine rings is 1. The van der Waals surface area contributed by atoms with Gasteiger partial charge in [-0.25, -0.2) is 9.18 Å². The molecule has 0 bridgehead atoms. The van der Waals surface area contributed by atoms with Crippen molar-refractivity contribution in [2.24, 2.45) is 17.6 Å².